The minimum Gasteiger partial charge on any atom is -0.368 e. The van der Waals surface area contributed by atoms with Crippen molar-refractivity contribution in [1.82, 2.24) is 4.98 Å². The molecule has 0 spiro atoms. The first-order valence-electron chi connectivity index (χ1n) is 4.01. The van der Waals surface area contributed by atoms with E-state index in [1.54, 1.807) is 6.07 Å². The number of anilines is 1. The second-order valence-corrected chi connectivity index (χ2v) is 2.89. The topological polar surface area (TPSA) is 48.7 Å². The Morgan fingerprint density at radius 1 is 1.64 bits per heavy atom. The van der Waals surface area contributed by atoms with Gasteiger partial charge < -0.3 is 5.32 Å². The number of terminal acetylenes is 1. The monoisotopic (exact) mass is 205 g/mol. The number of nitriles is 1. The van der Waals surface area contributed by atoms with Crippen molar-refractivity contribution in [1.29, 1.82) is 5.26 Å². The maximum absolute atomic E-state index is 8.69. The Bertz CT molecular complexity index is 401. The highest BCUT2D eigenvalue weighted by Crippen LogP contribution is 2.22. The van der Waals surface area contributed by atoms with Gasteiger partial charge in [0, 0.05) is 19.2 Å². The number of halogens is 1. The molecule has 1 N–H and O–H groups in total. The van der Waals surface area contributed by atoms with Crippen LogP contribution >= 0.6 is 11.6 Å². The fourth-order valence-corrected chi connectivity index (χ4v) is 1.13. The third kappa shape index (κ3) is 2.39. The van der Waals surface area contributed by atoms with E-state index in [0.29, 0.717) is 29.4 Å². The summed E-state index contributed by atoms with van der Waals surface area (Å²) < 4.78 is 0. The SMILES string of the molecule is C#CCCNc1nccc(C#N)c1Cl. The maximum Gasteiger partial charge on any atom is 0.146 e. The summed E-state index contributed by atoms with van der Waals surface area (Å²) in [6.45, 7) is 0.595. The predicted octanol–water partition coefficient (Wildman–Crippen LogP) is 2.04. The molecule has 0 aliphatic rings. The molecule has 70 valence electrons. The van der Waals surface area contributed by atoms with Gasteiger partial charge in [0.25, 0.3) is 0 Å². The molecule has 0 radical (unpaired) electrons. The third-order valence-corrected chi connectivity index (χ3v) is 1.95. The molecule has 1 aromatic heterocycles. The average Bonchev–Trinajstić information content (AvgIpc) is 2.21. The standard InChI is InChI=1S/C10H8ClN3/c1-2-3-5-13-10-9(11)8(7-12)4-6-14-10/h1,4,6H,3,5H2,(H,13,14). The van der Waals surface area contributed by atoms with Crippen molar-refractivity contribution in [2.75, 3.05) is 11.9 Å². The van der Waals surface area contributed by atoms with Crippen LogP contribution in [0, 0.1) is 23.7 Å². The Morgan fingerprint density at radius 2 is 2.43 bits per heavy atom. The molecule has 0 saturated heterocycles. The molecular weight excluding hydrogens is 198 g/mol. The van der Waals surface area contributed by atoms with Crippen LogP contribution in [0.2, 0.25) is 5.02 Å². The Hall–Kier alpha value is -1.71. The Morgan fingerprint density at radius 3 is 3.07 bits per heavy atom. The number of hydrogen-bond acceptors (Lipinski definition) is 3. The number of aromatic nitrogens is 1. The highest BCUT2D eigenvalue weighted by atomic mass is 35.5. The van der Waals surface area contributed by atoms with Crippen LogP contribution < -0.4 is 5.32 Å². The molecule has 3 nitrogen and oxygen atoms in total. The lowest BCUT2D eigenvalue weighted by Gasteiger charge is -2.05. The van der Waals surface area contributed by atoms with Crippen molar-refractivity contribution in [2.45, 2.75) is 6.42 Å². The zero-order chi connectivity index (χ0) is 10.4. The molecule has 1 heterocycles. The highest BCUT2D eigenvalue weighted by molar-refractivity contribution is 6.34. The molecule has 0 saturated carbocycles. The molecule has 0 atom stereocenters. The number of nitrogens with one attached hydrogen (secondary N) is 1. The smallest absolute Gasteiger partial charge is 0.146 e. The highest BCUT2D eigenvalue weighted by Gasteiger charge is 2.05. The van der Waals surface area contributed by atoms with E-state index >= 15 is 0 Å². The van der Waals surface area contributed by atoms with Crippen LogP contribution in [0.4, 0.5) is 5.82 Å². The van der Waals surface area contributed by atoms with Gasteiger partial charge >= 0.3 is 0 Å². The number of pyridine rings is 1. The van der Waals surface area contributed by atoms with Crippen LogP contribution in [0.3, 0.4) is 0 Å². The molecule has 0 bridgehead atoms. The van der Waals surface area contributed by atoms with Gasteiger partial charge in [-0.05, 0) is 6.07 Å². The fraction of sp³-hybridized carbons (Fsp3) is 0.200. The van der Waals surface area contributed by atoms with E-state index in [1.165, 1.54) is 6.20 Å². The summed E-state index contributed by atoms with van der Waals surface area (Å²) in [4.78, 5) is 4.00. The Kier molecular flexibility index (Phi) is 3.79. The summed E-state index contributed by atoms with van der Waals surface area (Å²) >= 11 is 5.89. The average molecular weight is 206 g/mol. The molecule has 14 heavy (non-hydrogen) atoms. The quantitative estimate of drug-likeness (QED) is 0.607. The zero-order valence-electron chi connectivity index (χ0n) is 7.42. The van der Waals surface area contributed by atoms with Crippen LogP contribution in [0.5, 0.6) is 0 Å². The van der Waals surface area contributed by atoms with Crippen molar-refractivity contribution in [2.24, 2.45) is 0 Å². The molecule has 0 aromatic carbocycles. The van der Waals surface area contributed by atoms with Crippen LogP contribution in [0.25, 0.3) is 0 Å². The van der Waals surface area contributed by atoms with Crippen LogP contribution in [0.1, 0.15) is 12.0 Å². The molecule has 0 fully saturated rings. The summed E-state index contributed by atoms with van der Waals surface area (Å²) in [7, 11) is 0. The predicted molar refractivity (Wildman–Crippen MR) is 55.9 cm³/mol. The van der Waals surface area contributed by atoms with E-state index in [1.807, 2.05) is 6.07 Å². The van der Waals surface area contributed by atoms with Gasteiger partial charge in [-0.3, -0.25) is 0 Å². The minimum absolute atomic E-state index is 0.340. The Balaban J connectivity index is 2.79. The fourth-order valence-electron chi connectivity index (χ4n) is 0.906. The first kappa shape index (κ1) is 10.4. The molecule has 1 aromatic rings. The van der Waals surface area contributed by atoms with Gasteiger partial charge in [-0.15, -0.1) is 12.3 Å². The Labute approximate surface area is 87.7 Å². The van der Waals surface area contributed by atoms with E-state index in [4.69, 9.17) is 23.3 Å². The van der Waals surface area contributed by atoms with Crippen LogP contribution in [-0.2, 0) is 0 Å². The van der Waals surface area contributed by atoms with E-state index < -0.39 is 0 Å². The van der Waals surface area contributed by atoms with Gasteiger partial charge in [0.1, 0.15) is 16.9 Å². The summed E-state index contributed by atoms with van der Waals surface area (Å²) in [6, 6.07) is 3.54. The molecule has 0 aliphatic carbocycles. The van der Waals surface area contributed by atoms with Gasteiger partial charge in [0.15, 0.2) is 0 Å². The van der Waals surface area contributed by atoms with E-state index in [-0.39, 0.29) is 0 Å². The number of nitrogens with zero attached hydrogens (tertiary/aromatic N) is 2. The lowest BCUT2D eigenvalue weighted by molar-refractivity contribution is 1.07. The van der Waals surface area contributed by atoms with Gasteiger partial charge in [0.2, 0.25) is 0 Å². The molecule has 0 unspecified atom stereocenters. The van der Waals surface area contributed by atoms with Crippen molar-refractivity contribution < 1.29 is 0 Å². The van der Waals surface area contributed by atoms with Gasteiger partial charge in [-0.1, -0.05) is 11.6 Å². The lowest BCUT2D eigenvalue weighted by atomic mass is 10.3. The number of hydrogen-bond donors (Lipinski definition) is 1. The van der Waals surface area contributed by atoms with Gasteiger partial charge in [-0.2, -0.15) is 5.26 Å². The van der Waals surface area contributed by atoms with Gasteiger partial charge in [-0.25, -0.2) is 4.98 Å². The summed E-state index contributed by atoms with van der Waals surface area (Å²) in [5.74, 6) is 2.99. The van der Waals surface area contributed by atoms with Crippen molar-refractivity contribution in [3.05, 3.63) is 22.8 Å². The summed E-state index contributed by atoms with van der Waals surface area (Å²) in [6.07, 6.45) is 7.21. The first-order valence-corrected chi connectivity index (χ1v) is 4.39. The van der Waals surface area contributed by atoms with Crippen molar-refractivity contribution >= 4 is 17.4 Å². The second kappa shape index (κ2) is 5.11. The summed E-state index contributed by atoms with van der Waals surface area (Å²) in [5, 5.41) is 12.0. The lowest BCUT2D eigenvalue weighted by Crippen LogP contribution is -2.03. The second-order valence-electron chi connectivity index (χ2n) is 2.51. The minimum atomic E-state index is 0.340. The van der Waals surface area contributed by atoms with E-state index in [2.05, 4.69) is 16.2 Å². The molecule has 0 amide bonds. The van der Waals surface area contributed by atoms with Crippen molar-refractivity contribution in [3.8, 4) is 18.4 Å². The molecule has 0 aliphatic heterocycles. The molecular formula is C10H8ClN3. The summed E-state index contributed by atoms with van der Waals surface area (Å²) in [5.41, 5.74) is 0.407. The van der Waals surface area contributed by atoms with Crippen LogP contribution in [0.15, 0.2) is 12.3 Å². The van der Waals surface area contributed by atoms with E-state index in [0.717, 1.165) is 0 Å². The van der Waals surface area contributed by atoms with E-state index in [9.17, 15) is 0 Å². The number of rotatable bonds is 3. The third-order valence-electron chi connectivity index (χ3n) is 1.57. The maximum atomic E-state index is 8.69. The van der Waals surface area contributed by atoms with Crippen molar-refractivity contribution in [3.63, 3.8) is 0 Å². The molecule has 4 heteroatoms. The largest absolute Gasteiger partial charge is 0.368 e. The first-order chi connectivity index (χ1) is 6.79. The normalized spacial score (nSPS) is 8.79. The zero-order valence-corrected chi connectivity index (χ0v) is 8.17. The molecule has 1 rings (SSSR count). The van der Waals surface area contributed by atoms with Crippen LogP contribution in [-0.4, -0.2) is 11.5 Å². The van der Waals surface area contributed by atoms with Gasteiger partial charge in [0.05, 0.1) is 5.56 Å².